The van der Waals surface area contributed by atoms with Crippen molar-refractivity contribution in [2.24, 2.45) is 0 Å². The first-order valence-electron chi connectivity index (χ1n) is 6.24. The van der Waals surface area contributed by atoms with E-state index in [1.165, 1.54) is 22.7 Å². The van der Waals surface area contributed by atoms with E-state index in [-0.39, 0.29) is 11.9 Å². The van der Waals surface area contributed by atoms with E-state index in [1.54, 1.807) is 19.1 Å². The Morgan fingerprint density at radius 3 is 2.10 bits per heavy atom. The molecule has 6 heteroatoms. The number of hydrogen-bond acceptors (Lipinski definition) is 6. The van der Waals surface area contributed by atoms with Crippen molar-refractivity contribution in [2.45, 2.75) is 33.3 Å². The van der Waals surface area contributed by atoms with Crippen LogP contribution in [-0.4, -0.2) is 24.1 Å². The molecule has 0 N–H and O–H groups in total. The number of ether oxygens (including phenoxy) is 2. The predicted molar refractivity (Wildman–Crippen MR) is 80.8 cm³/mol. The first-order chi connectivity index (χ1) is 9.30. The van der Waals surface area contributed by atoms with Gasteiger partial charge in [-0.3, -0.25) is 0 Å². The quantitative estimate of drug-likeness (QED) is 0.801. The molecule has 0 fully saturated rings. The third-order valence-corrected chi connectivity index (χ3v) is 4.64. The van der Waals surface area contributed by atoms with Crippen LogP contribution in [-0.2, 0) is 9.47 Å². The maximum Gasteiger partial charge on any atom is 0.348 e. The third kappa shape index (κ3) is 3.37. The summed E-state index contributed by atoms with van der Waals surface area (Å²) in [5.74, 6) is -0.650. The molecular weight excluding hydrogens is 296 g/mol. The Morgan fingerprint density at radius 2 is 1.65 bits per heavy atom. The molecular formula is C14H16O4S2. The van der Waals surface area contributed by atoms with Gasteiger partial charge in [-0.2, -0.15) is 0 Å². The van der Waals surface area contributed by atoms with E-state index in [0.717, 1.165) is 9.40 Å². The van der Waals surface area contributed by atoms with Gasteiger partial charge in [-0.05, 0) is 39.8 Å². The van der Waals surface area contributed by atoms with Crippen molar-refractivity contribution in [1.29, 1.82) is 0 Å². The summed E-state index contributed by atoms with van der Waals surface area (Å²) in [5, 5.41) is 0.879. The zero-order chi connectivity index (χ0) is 14.9. The van der Waals surface area contributed by atoms with Crippen molar-refractivity contribution in [3.05, 3.63) is 21.9 Å². The Labute approximate surface area is 125 Å². The molecule has 0 saturated heterocycles. The lowest BCUT2D eigenvalue weighted by molar-refractivity contribution is 0.00751. The van der Waals surface area contributed by atoms with Crippen LogP contribution in [0.3, 0.4) is 0 Å². The van der Waals surface area contributed by atoms with Gasteiger partial charge in [0.1, 0.15) is 15.4 Å². The summed E-state index contributed by atoms with van der Waals surface area (Å²) in [6, 6.07) is 3.51. The van der Waals surface area contributed by atoms with E-state index in [1.807, 2.05) is 20.8 Å². The highest BCUT2D eigenvalue weighted by molar-refractivity contribution is 7.39. The van der Waals surface area contributed by atoms with Crippen LogP contribution < -0.4 is 0 Å². The monoisotopic (exact) mass is 312 g/mol. The molecule has 2 rings (SSSR count). The van der Waals surface area contributed by atoms with Crippen molar-refractivity contribution in [2.75, 3.05) is 6.61 Å². The predicted octanol–water partition coefficient (Wildman–Crippen LogP) is 4.09. The van der Waals surface area contributed by atoms with Crippen molar-refractivity contribution < 1.29 is 19.1 Å². The molecule has 0 aliphatic heterocycles. The number of rotatable bonds is 3. The van der Waals surface area contributed by atoms with Crippen molar-refractivity contribution in [1.82, 2.24) is 0 Å². The Balaban J connectivity index is 2.21. The summed E-state index contributed by atoms with van der Waals surface area (Å²) >= 11 is 2.68. The molecule has 2 aromatic heterocycles. The second-order valence-corrected chi connectivity index (χ2v) is 7.55. The lowest BCUT2D eigenvalue weighted by atomic mass is 10.2. The van der Waals surface area contributed by atoms with Gasteiger partial charge in [0.2, 0.25) is 0 Å². The highest BCUT2D eigenvalue weighted by atomic mass is 32.2. The summed E-state index contributed by atoms with van der Waals surface area (Å²) in [5.41, 5.74) is -0.509. The normalized spacial score (nSPS) is 11.6. The highest BCUT2D eigenvalue weighted by Gasteiger charge is 2.21. The minimum absolute atomic E-state index is 0.320. The van der Waals surface area contributed by atoms with Gasteiger partial charge in [0.05, 0.1) is 10.6 Å². The van der Waals surface area contributed by atoms with E-state index >= 15 is 0 Å². The number of fused-ring (bicyclic) bond motifs is 1. The van der Waals surface area contributed by atoms with Crippen LogP contribution in [0.1, 0.15) is 47.0 Å². The van der Waals surface area contributed by atoms with Crippen LogP contribution >= 0.6 is 22.7 Å². The SMILES string of the molecule is CCOC(=O)c1cc2cc(C(=O)OC(C)(C)C)sc2s1. The van der Waals surface area contributed by atoms with Crippen LogP contribution in [0.4, 0.5) is 0 Å². The standard InChI is InChI=1S/C14H16O4S2/c1-5-17-11(15)9-6-8-7-10(20-13(8)19-9)12(16)18-14(2,3)4/h6-7H,5H2,1-4H3. The fourth-order valence-corrected chi connectivity index (χ4v) is 3.79. The first-order valence-corrected chi connectivity index (χ1v) is 7.87. The molecule has 0 aliphatic rings. The molecule has 0 saturated carbocycles. The van der Waals surface area contributed by atoms with Crippen LogP contribution in [0.25, 0.3) is 9.40 Å². The minimum atomic E-state index is -0.509. The average Bonchev–Trinajstić information content (AvgIpc) is 2.83. The Morgan fingerprint density at radius 1 is 1.10 bits per heavy atom. The molecule has 20 heavy (non-hydrogen) atoms. The maximum atomic E-state index is 12.0. The zero-order valence-corrected chi connectivity index (χ0v) is 13.4. The molecule has 0 amide bonds. The molecule has 108 valence electrons. The second-order valence-electron chi connectivity index (χ2n) is 5.19. The Hall–Kier alpha value is -1.40. The topological polar surface area (TPSA) is 52.6 Å². The van der Waals surface area contributed by atoms with E-state index < -0.39 is 5.60 Å². The smallest absolute Gasteiger partial charge is 0.348 e. The summed E-state index contributed by atoms with van der Waals surface area (Å²) in [4.78, 5) is 24.7. The maximum absolute atomic E-state index is 12.0. The Bertz CT molecular complexity index is 614. The second kappa shape index (κ2) is 5.54. The van der Waals surface area contributed by atoms with E-state index in [4.69, 9.17) is 9.47 Å². The highest BCUT2D eigenvalue weighted by Crippen LogP contribution is 2.34. The van der Waals surface area contributed by atoms with Crippen LogP contribution in [0, 0.1) is 0 Å². The lowest BCUT2D eigenvalue weighted by Gasteiger charge is -2.18. The zero-order valence-electron chi connectivity index (χ0n) is 11.8. The molecule has 0 aliphatic carbocycles. The number of thiophene rings is 2. The molecule has 0 spiro atoms. The summed E-state index contributed by atoms with van der Waals surface area (Å²) < 4.78 is 11.2. The summed E-state index contributed by atoms with van der Waals surface area (Å²) in [6.07, 6.45) is 0. The first kappa shape index (κ1) is 15.0. The van der Waals surface area contributed by atoms with Gasteiger partial charge in [-0.15, -0.1) is 22.7 Å². The molecule has 0 unspecified atom stereocenters. The summed E-state index contributed by atoms with van der Waals surface area (Å²) in [7, 11) is 0. The Kier molecular flexibility index (Phi) is 4.15. The number of hydrogen-bond donors (Lipinski definition) is 0. The van der Waals surface area contributed by atoms with Gasteiger partial charge in [0.15, 0.2) is 0 Å². The lowest BCUT2D eigenvalue weighted by Crippen LogP contribution is -2.23. The van der Waals surface area contributed by atoms with E-state index in [0.29, 0.717) is 16.4 Å². The van der Waals surface area contributed by atoms with Gasteiger partial charge in [0.25, 0.3) is 0 Å². The average molecular weight is 312 g/mol. The molecule has 0 bridgehead atoms. The molecule has 0 aromatic carbocycles. The van der Waals surface area contributed by atoms with Crippen LogP contribution in [0.2, 0.25) is 0 Å². The minimum Gasteiger partial charge on any atom is -0.462 e. The van der Waals surface area contributed by atoms with Crippen LogP contribution in [0.15, 0.2) is 12.1 Å². The van der Waals surface area contributed by atoms with Crippen molar-refractivity contribution in [3.63, 3.8) is 0 Å². The largest absolute Gasteiger partial charge is 0.462 e. The van der Waals surface area contributed by atoms with Gasteiger partial charge >= 0.3 is 11.9 Å². The van der Waals surface area contributed by atoms with E-state index in [2.05, 4.69) is 0 Å². The van der Waals surface area contributed by atoms with Crippen molar-refractivity contribution in [3.8, 4) is 0 Å². The van der Waals surface area contributed by atoms with Gasteiger partial charge < -0.3 is 9.47 Å². The molecule has 0 radical (unpaired) electrons. The molecule has 0 atom stereocenters. The fraction of sp³-hybridized carbons (Fsp3) is 0.429. The fourth-order valence-electron chi connectivity index (χ4n) is 1.57. The molecule has 4 nitrogen and oxygen atoms in total. The van der Waals surface area contributed by atoms with E-state index in [9.17, 15) is 9.59 Å². The van der Waals surface area contributed by atoms with Gasteiger partial charge in [0, 0.05) is 5.39 Å². The van der Waals surface area contributed by atoms with Crippen LogP contribution in [0.5, 0.6) is 0 Å². The number of carbonyl (C=O) groups is 2. The molecule has 2 aromatic rings. The van der Waals surface area contributed by atoms with Crippen molar-refractivity contribution >= 4 is 44.0 Å². The number of carbonyl (C=O) groups excluding carboxylic acids is 2. The number of esters is 2. The molecule has 2 heterocycles. The van der Waals surface area contributed by atoms with Gasteiger partial charge in [-0.1, -0.05) is 0 Å². The van der Waals surface area contributed by atoms with Gasteiger partial charge in [-0.25, -0.2) is 9.59 Å². The third-order valence-electron chi connectivity index (χ3n) is 2.29. The summed E-state index contributed by atoms with van der Waals surface area (Å²) in [6.45, 7) is 7.63.